The minimum absolute atomic E-state index is 0.0103. The van der Waals surface area contributed by atoms with E-state index in [9.17, 15) is 67.3 Å². The number of alkyl halides is 15. The molecule has 38 heavy (non-hydrogen) atoms. The number of phenols is 2. The average molecular weight is 582 g/mol. The third-order valence-corrected chi connectivity index (χ3v) is 5.84. The lowest BCUT2D eigenvalue weighted by molar-refractivity contribution is -0.454. The van der Waals surface area contributed by atoms with Crippen LogP contribution in [-0.4, -0.2) is 51.9 Å². The van der Waals surface area contributed by atoms with Crippen molar-refractivity contribution in [3.63, 3.8) is 0 Å². The zero-order valence-electron chi connectivity index (χ0n) is 18.2. The maximum absolute atomic E-state index is 15.4. The van der Waals surface area contributed by atoms with Gasteiger partial charge in [0.25, 0.3) is 0 Å². The van der Waals surface area contributed by atoms with Gasteiger partial charge in [-0.15, -0.1) is 0 Å². The molecule has 0 unspecified atom stereocenters. The lowest BCUT2D eigenvalue weighted by atomic mass is 9.67. The molecule has 2 N–H and O–H groups in total. The number of aromatic hydroxyl groups is 2. The molecule has 0 saturated carbocycles. The van der Waals surface area contributed by atoms with E-state index in [1.165, 1.54) is 0 Å². The highest BCUT2D eigenvalue weighted by atomic mass is 19.4. The third kappa shape index (κ3) is 3.99. The second kappa shape index (κ2) is 8.76. The van der Waals surface area contributed by atoms with Crippen LogP contribution in [0.3, 0.4) is 0 Å². The monoisotopic (exact) mass is 582 g/mol. The summed E-state index contributed by atoms with van der Waals surface area (Å²) in [5.41, 5.74) is -6.30. The smallest absolute Gasteiger partial charge is 0.460 e. The number of hydrogen-bond acceptors (Lipinski definition) is 2. The van der Waals surface area contributed by atoms with Crippen molar-refractivity contribution < 1.29 is 76.1 Å². The van der Waals surface area contributed by atoms with Crippen molar-refractivity contribution in [1.29, 1.82) is 0 Å². The molecule has 0 spiro atoms. The van der Waals surface area contributed by atoms with Gasteiger partial charge in [-0.2, -0.15) is 65.9 Å². The Kier molecular flexibility index (Phi) is 7.19. The van der Waals surface area contributed by atoms with Gasteiger partial charge in [0.15, 0.2) is 0 Å². The summed E-state index contributed by atoms with van der Waals surface area (Å²) in [5.74, 6) is -49.0. The predicted octanol–water partition coefficient (Wildman–Crippen LogP) is 7.78. The molecule has 0 aliphatic carbocycles. The summed E-state index contributed by atoms with van der Waals surface area (Å²) < 4.78 is 207. The van der Waals surface area contributed by atoms with Crippen LogP contribution >= 0.6 is 0 Å². The van der Waals surface area contributed by atoms with Crippen LogP contribution in [0.15, 0.2) is 48.5 Å². The van der Waals surface area contributed by atoms with Gasteiger partial charge in [0.05, 0.1) is 5.41 Å². The van der Waals surface area contributed by atoms with E-state index < -0.39 is 69.8 Å². The Labute approximate surface area is 202 Å². The van der Waals surface area contributed by atoms with E-state index in [4.69, 9.17) is 0 Å². The molecule has 0 saturated heterocycles. The first-order valence-electron chi connectivity index (χ1n) is 9.67. The van der Waals surface area contributed by atoms with Crippen molar-refractivity contribution in [3.8, 4) is 11.5 Å². The van der Waals surface area contributed by atoms with Crippen LogP contribution in [0.25, 0.3) is 0 Å². The summed E-state index contributed by atoms with van der Waals surface area (Å²) >= 11 is 0. The standard InChI is InChI=1S/C21H13F15O2/c1-14(10-2-6-12(37)7-3-10,11-4-8-13(38)9-5-11)15(22,23)16(24,25)17(26,27)18(28,29)19(30,31)20(32,33)21(34,35)36/h2-9,37-38H,1H3. The Morgan fingerprint density at radius 1 is 0.395 bits per heavy atom. The molecule has 2 rings (SSSR count). The molecule has 0 radical (unpaired) electrons. The quantitative estimate of drug-likeness (QED) is 0.312. The predicted molar refractivity (Wildman–Crippen MR) is 98.4 cm³/mol. The second-order valence-corrected chi connectivity index (χ2v) is 8.16. The molecule has 17 heteroatoms. The summed E-state index contributed by atoms with van der Waals surface area (Å²) in [6, 6.07) is 3.73. The van der Waals surface area contributed by atoms with E-state index in [2.05, 4.69) is 0 Å². The molecule has 0 aliphatic heterocycles. The maximum Gasteiger partial charge on any atom is 0.460 e. The van der Waals surface area contributed by atoms with Crippen molar-refractivity contribution >= 4 is 0 Å². The van der Waals surface area contributed by atoms with Crippen LogP contribution in [0.5, 0.6) is 11.5 Å². The lowest BCUT2D eigenvalue weighted by Gasteiger charge is -2.46. The molecule has 2 aromatic rings. The van der Waals surface area contributed by atoms with Gasteiger partial charge in [-0.25, -0.2) is 0 Å². The maximum atomic E-state index is 15.4. The number of halogens is 15. The highest BCUT2D eigenvalue weighted by Gasteiger charge is 2.94. The third-order valence-electron chi connectivity index (χ3n) is 5.84. The van der Waals surface area contributed by atoms with Gasteiger partial charge < -0.3 is 10.2 Å². The zero-order chi connectivity index (χ0) is 30.0. The fraction of sp³-hybridized carbons (Fsp3) is 0.429. The fourth-order valence-corrected chi connectivity index (χ4v) is 3.40. The molecule has 2 nitrogen and oxygen atoms in total. The summed E-state index contributed by atoms with van der Waals surface area (Å²) in [6.45, 7) is 0.0103. The van der Waals surface area contributed by atoms with Gasteiger partial charge >= 0.3 is 41.7 Å². The SMILES string of the molecule is CC(c1ccc(O)cc1)(c1ccc(O)cc1)C(F)(F)C(F)(F)C(F)(F)C(F)(F)C(F)(F)C(F)(F)C(F)(F)F. The minimum atomic E-state index is -8.42. The molecule has 0 aliphatic rings. The van der Waals surface area contributed by atoms with E-state index in [1.807, 2.05) is 0 Å². The number of hydrogen-bond donors (Lipinski definition) is 2. The Morgan fingerprint density at radius 3 is 0.895 bits per heavy atom. The highest BCUT2D eigenvalue weighted by molar-refractivity contribution is 5.46. The van der Waals surface area contributed by atoms with Crippen LogP contribution in [0, 0.1) is 0 Å². The van der Waals surface area contributed by atoms with E-state index in [-0.39, 0.29) is 6.92 Å². The molecule has 214 valence electrons. The molecule has 0 amide bonds. The van der Waals surface area contributed by atoms with Gasteiger partial charge in [-0.05, 0) is 42.3 Å². The minimum Gasteiger partial charge on any atom is -0.508 e. The van der Waals surface area contributed by atoms with E-state index >= 15 is 8.78 Å². The average Bonchev–Trinajstić information content (AvgIpc) is 2.78. The van der Waals surface area contributed by atoms with Crippen molar-refractivity contribution in [2.75, 3.05) is 0 Å². The van der Waals surface area contributed by atoms with Gasteiger partial charge in [-0.3, -0.25) is 0 Å². The van der Waals surface area contributed by atoms with Gasteiger partial charge in [0, 0.05) is 0 Å². The van der Waals surface area contributed by atoms with E-state index in [1.54, 1.807) is 0 Å². The van der Waals surface area contributed by atoms with Crippen LogP contribution in [0.2, 0.25) is 0 Å². The molecule has 0 fully saturated rings. The number of benzene rings is 2. The molecular formula is C21H13F15O2. The first kappa shape index (κ1) is 31.2. The second-order valence-electron chi connectivity index (χ2n) is 8.16. The fourth-order valence-electron chi connectivity index (χ4n) is 3.40. The summed E-state index contributed by atoms with van der Waals surface area (Å²) in [4.78, 5) is 0. The summed E-state index contributed by atoms with van der Waals surface area (Å²) in [7, 11) is 0. The van der Waals surface area contributed by atoms with Crippen LogP contribution < -0.4 is 0 Å². The first-order chi connectivity index (χ1) is 16.7. The first-order valence-corrected chi connectivity index (χ1v) is 9.67. The molecular weight excluding hydrogens is 569 g/mol. The Balaban J connectivity index is 2.87. The van der Waals surface area contributed by atoms with Crippen molar-refractivity contribution in [2.45, 2.75) is 54.1 Å². The van der Waals surface area contributed by atoms with Crippen LogP contribution in [-0.2, 0) is 5.41 Å². The van der Waals surface area contributed by atoms with Crippen molar-refractivity contribution in [3.05, 3.63) is 59.7 Å². The molecule has 2 aromatic carbocycles. The van der Waals surface area contributed by atoms with E-state index in [0.717, 1.165) is 0 Å². The zero-order valence-corrected chi connectivity index (χ0v) is 18.2. The molecule has 0 heterocycles. The van der Waals surface area contributed by atoms with Crippen molar-refractivity contribution in [1.82, 2.24) is 0 Å². The van der Waals surface area contributed by atoms with Crippen molar-refractivity contribution in [2.24, 2.45) is 0 Å². The Morgan fingerprint density at radius 2 is 0.632 bits per heavy atom. The van der Waals surface area contributed by atoms with Gasteiger partial charge in [0.2, 0.25) is 0 Å². The van der Waals surface area contributed by atoms with Gasteiger partial charge in [0.1, 0.15) is 11.5 Å². The summed E-state index contributed by atoms with van der Waals surface area (Å²) in [6.07, 6.45) is -7.69. The summed E-state index contributed by atoms with van der Waals surface area (Å²) in [5, 5.41) is 18.7. The number of phenolic OH excluding ortho intramolecular Hbond substituents is 2. The van der Waals surface area contributed by atoms with Crippen LogP contribution in [0.4, 0.5) is 65.9 Å². The van der Waals surface area contributed by atoms with E-state index in [0.29, 0.717) is 48.5 Å². The normalized spacial score (nSPS) is 15.1. The number of rotatable bonds is 8. The Hall–Kier alpha value is -3.01. The highest BCUT2D eigenvalue weighted by Crippen LogP contribution is 2.65. The topological polar surface area (TPSA) is 40.5 Å². The Bertz CT molecular complexity index is 1090. The molecule has 0 bridgehead atoms. The molecule has 0 aromatic heterocycles. The molecule has 0 atom stereocenters. The largest absolute Gasteiger partial charge is 0.508 e. The van der Waals surface area contributed by atoms with Crippen LogP contribution in [0.1, 0.15) is 18.1 Å². The van der Waals surface area contributed by atoms with Gasteiger partial charge in [-0.1, -0.05) is 24.3 Å². The lowest BCUT2D eigenvalue weighted by Crippen LogP contribution is -2.74.